The maximum Gasteiger partial charge on any atom is 0.241 e. The van der Waals surface area contributed by atoms with E-state index >= 15 is 0 Å². The first-order valence-corrected chi connectivity index (χ1v) is 7.54. The van der Waals surface area contributed by atoms with Gasteiger partial charge in [0.15, 0.2) is 11.6 Å². The van der Waals surface area contributed by atoms with Gasteiger partial charge in [-0.15, -0.1) is 0 Å². The molecule has 0 aliphatic carbocycles. The molecule has 128 valence electrons. The summed E-state index contributed by atoms with van der Waals surface area (Å²) in [7, 11) is 1.27. The van der Waals surface area contributed by atoms with Gasteiger partial charge in [-0.1, -0.05) is 23.8 Å². The molecule has 0 fully saturated rings. The Bertz CT molecular complexity index is 718. The van der Waals surface area contributed by atoms with Gasteiger partial charge in [-0.2, -0.15) is 4.39 Å². The first kappa shape index (κ1) is 17.9. The summed E-state index contributed by atoms with van der Waals surface area (Å²) in [6.45, 7) is 3.63. The Labute approximate surface area is 139 Å². The number of anilines is 1. The van der Waals surface area contributed by atoms with Crippen LogP contribution in [0.5, 0.6) is 5.75 Å². The zero-order chi connectivity index (χ0) is 17.7. The predicted molar refractivity (Wildman–Crippen MR) is 89.0 cm³/mol. The lowest BCUT2D eigenvalue weighted by Gasteiger charge is -2.15. The quantitative estimate of drug-likeness (QED) is 0.851. The number of aryl methyl sites for hydroxylation is 1. The molecule has 0 radical (unpaired) electrons. The van der Waals surface area contributed by atoms with Crippen LogP contribution < -0.4 is 15.4 Å². The molecule has 4 nitrogen and oxygen atoms in total. The van der Waals surface area contributed by atoms with Crippen LogP contribution in [0, 0.1) is 18.6 Å². The van der Waals surface area contributed by atoms with Gasteiger partial charge in [0.1, 0.15) is 0 Å². The molecule has 0 heterocycles. The first-order valence-electron chi connectivity index (χ1n) is 7.54. The highest BCUT2D eigenvalue weighted by atomic mass is 19.2. The molecule has 1 amide bonds. The second kappa shape index (κ2) is 7.88. The molecule has 0 unspecified atom stereocenters. The van der Waals surface area contributed by atoms with E-state index in [1.165, 1.54) is 19.2 Å². The molecule has 2 aromatic carbocycles. The topological polar surface area (TPSA) is 50.4 Å². The summed E-state index contributed by atoms with van der Waals surface area (Å²) in [5.41, 5.74) is 1.90. The van der Waals surface area contributed by atoms with Crippen LogP contribution in [0.15, 0.2) is 36.4 Å². The summed E-state index contributed by atoms with van der Waals surface area (Å²) in [5, 5.41) is 5.64. The normalized spacial score (nSPS) is 11.9. The maximum atomic E-state index is 13.9. The minimum absolute atomic E-state index is 0.0230. The summed E-state index contributed by atoms with van der Waals surface area (Å²) < 4.78 is 32.3. The third kappa shape index (κ3) is 4.29. The lowest BCUT2D eigenvalue weighted by Crippen LogP contribution is -2.37. The monoisotopic (exact) mass is 334 g/mol. The van der Waals surface area contributed by atoms with E-state index in [1.807, 2.05) is 19.1 Å². The average molecular weight is 334 g/mol. The summed E-state index contributed by atoms with van der Waals surface area (Å²) >= 11 is 0. The highest BCUT2D eigenvalue weighted by Gasteiger charge is 2.16. The number of rotatable bonds is 6. The molecule has 0 saturated carbocycles. The SMILES string of the molecule is COc1ccc(CN[C@@H](C)C(=O)Nc2ccc(C)cc2)c(F)c1F. The fourth-order valence-corrected chi connectivity index (χ4v) is 2.11. The number of amides is 1. The minimum atomic E-state index is -1.03. The Hall–Kier alpha value is -2.47. The second-order valence-corrected chi connectivity index (χ2v) is 5.51. The van der Waals surface area contributed by atoms with Gasteiger partial charge < -0.3 is 15.4 Å². The highest BCUT2D eigenvalue weighted by Crippen LogP contribution is 2.22. The van der Waals surface area contributed by atoms with E-state index in [1.54, 1.807) is 19.1 Å². The van der Waals surface area contributed by atoms with E-state index < -0.39 is 17.7 Å². The molecule has 0 aliphatic heterocycles. The van der Waals surface area contributed by atoms with Crippen molar-refractivity contribution in [2.45, 2.75) is 26.4 Å². The van der Waals surface area contributed by atoms with Crippen LogP contribution in [-0.2, 0) is 11.3 Å². The van der Waals surface area contributed by atoms with E-state index in [0.29, 0.717) is 5.69 Å². The average Bonchev–Trinajstić information content (AvgIpc) is 2.58. The fourth-order valence-electron chi connectivity index (χ4n) is 2.11. The van der Waals surface area contributed by atoms with E-state index in [9.17, 15) is 13.6 Å². The van der Waals surface area contributed by atoms with Gasteiger partial charge in [-0.05, 0) is 32.0 Å². The zero-order valence-corrected chi connectivity index (χ0v) is 13.8. The number of carbonyl (C=O) groups excluding carboxylic acids is 1. The van der Waals surface area contributed by atoms with Crippen molar-refractivity contribution < 1.29 is 18.3 Å². The predicted octanol–water partition coefficient (Wildman–Crippen LogP) is 3.40. The van der Waals surface area contributed by atoms with E-state index in [4.69, 9.17) is 4.74 Å². The molecule has 0 aliphatic rings. The van der Waals surface area contributed by atoms with Crippen molar-refractivity contribution in [3.8, 4) is 5.75 Å². The van der Waals surface area contributed by atoms with Crippen molar-refractivity contribution in [3.63, 3.8) is 0 Å². The third-order valence-electron chi connectivity index (χ3n) is 3.66. The molecule has 2 rings (SSSR count). The summed E-state index contributed by atoms with van der Waals surface area (Å²) in [6, 6.07) is 9.60. The lowest BCUT2D eigenvalue weighted by molar-refractivity contribution is -0.117. The van der Waals surface area contributed by atoms with Crippen molar-refractivity contribution >= 4 is 11.6 Å². The van der Waals surface area contributed by atoms with Gasteiger partial charge in [0.2, 0.25) is 11.7 Å². The Kier molecular flexibility index (Phi) is 5.87. The van der Waals surface area contributed by atoms with Crippen LogP contribution in [0.4, 0.5) is 14.5 Å². The van der Waals surface area contributed by atoms with E-state index in [2.05, 4.69) is 10.6 Å². The van der Waals surface area contributed by atoms with Crippen LogP contribution in [0.2, 0.25) is 0 Å². The smallest absolute Gasteiger partial charge is 0.241 e. The van der Waals surface area contributed by atoms with Crippen LogP contribution in [0.25, 0.3) is 0 Å². The van der Waals surface area contributed by atoms with Crippen molar-refractivity contribution in [1.29, 1.82) is 0 Å². The molecule has 0 bridgehead atoms. The van der Waals surface area contributed by atoms with E-state index in [-0.39, 0.29) is 23.8 Å². The number of hydrogen-bond acceptors (Lipinski definition) is 3. The molecular formula is C18H20F2N2O2. The molecule has 0 saturated heterocycles. The molecule has 0 spiro atoms. The lowest BCUT2D eigenvalue weighted by atomic mass is 10.1. The Morgan fingerprint density at radius 1 is 1.12 bits per heavy atom. The summed E-state index contributed by atoms with van der Waals surface area (Å²) in [6.07, 6.45) is 0. The first-order chi connectivity index (χ1) is 11.4. The fraction of sp³-hybridized carbons (Fsp3) is 0.278. The summed E-state index contributed by atoms with van der Waals surface area (Å²) in [5.74, 6) is -2.42. The number of carbonyl (C=O) groups is 1. The molecule has 2 aromatic rings. The van der Waals surface area contributed by atoms with Crippen LogP contribution in [0.1, 0.15) is 18.1 Å². The molecule has 24 heavy (non-hydrogen) atoms. The van der Waals surface area contributed by atoms with Gasteiger partial charge >= 0.3 is 0 Å². The van der Waals surface area contributed by atoms with Gasteiger partial charge in [-0.25, -0.2) is 4.39 Å². The van der Waals surface area contributed by atoms with Crippen molar-refractivity contribution in [2.75, 3.05) is 12.4 Å². The Morgan fingerprint density at radius 3 is 2.42 bits per heavy atom. The molecular weight excluding hydrogens is 314 g/mol. The maximum absolute atomic E-state index is 13.9. The minimum Gasteiger partial charge on any atom is -0.494 e. The van der Waals surface area contributed by atoms with Crippen LogP contribution in [0.3, 0.4) is 0 Å². The number of hydrogen-bond donors (Lipinski definition) is 2. The number of halogens is 2. The molecule has 2 N–H and O–H groups in total. The molecule has 0 aromatic heterocycles. The second-order valence-electron chi connectivity index (χ2n) is 5.51. The Morgan fingerprint density at radius 2 is 1.79 bits per heavy atom. The van der Waals surface area contributed by atoms with Crippen LogP contribution >= 0.6 is 0 Å². The highest BCUT2D eigenvalue weighted by molar-refractivity contribution is 5.94. The molecule has 1 atom stereocenters. The van der Waals surface area contributed by atoms with Gasteiger partial charge in [-0.3, -0.25) is 4.79 Å². The van der Waals surface area contributed by atoms with Gasteiger partial charge in [0.25, 0.3) is 0 Å². The third-order valence-corrected chi connectivity index (χ3v) is 3.66. The number of benzene rings is 2. The summed E-state index contributed by atoms with van der Waals surface area (Å²) in [4.78, 5) is 12.1. The van der Waals surface area contributed by atoms with Crippen molar-refractivity contribution in [1.82, 2.24) is 5.32 Å². The standard InChI is InChI=1S/C18H20F2N2O2/c1-11-4-7-14(8-5-11)22-18(23)12(2)21-10-13-6-9-15(24-3)17(20)16(13)19/h4-9,12,21H,10H2,1-3H3,(H,22,23)/t12-/m0/s1. The van der Waals surface area contributed by atoms with Crippen molar-refractivity contribution in [3.05, 3.63) is 59.2 Å². The number of nitrogens with one attached hydrogen (secondary N) is 2. The van der Waals surface area contributed by atoms with Crippen molar-refractivity contribution in [2.24, 2.45) is 0 Å². The largest absolute Gasteiger partial charge is 0.494 e. The zero-order valence-electron chi connectivity index (χ0n) is 13.8. The molecule has 6 heteroatoms. The van der Waals surface area contributed by atoms with Gasteiger partial charge in [0, 0.05) is 17.8 Å². The van der Waals surface area contributed by atoms with E-state index in [0.717, 1.165) is 5.56 Å². The Balaban J connectivity index is 1.95. The van der Waals surface area contributed by atoms with Gasteiger partial charge in [0.05, 0.1) is 13.2 Å². The number of methoxy groups -OCH3 is 1. The number of ether oxygens (including phenoxy) is 1. The van der Waals surface area contributed by atoms with Crippen LogP contribution in [-0.4, -0.2) is 19.1 Å².